The van der Waals surface area contributed by atoms with Crippen LogP contribution in [0, 0.1) is 17.9 Å². The number of hydrogen-bond acceptors (Lipinski definition) is 14. The Morgan fingerprint density at radius 3 is 1.54 bits per heavy atom. The number of carbonyl (C=O) groups excluding carboxylic acids is 3. The molecule has 0 aromatic heterocycles. The zero-order valence-electron chi connectivity index (χ0n) is 32.5. The number of anilines is 2. The number of aliphatic carboxylic acids is 1. The molecule has 61 heavy (non-hydrogen) atoms. The van der Waals surface area contributed by atoms with Gasteiger partial charge in [0.05, 0.1) is 39.2 Å². The lowest BCUT2D eigenvalue weighted by atomic mass is 10.1. The van der Waals surface area contributed by atoms with Gasteiger partial charge in [0.25, 0.3) is 17.7 Å². The van der Waals surface area contributed by atoms with Gasteiger partial charge in [0.2, 0.25) is 5.69 Å². The zero-order valence-corrected chi connectivity index (χ0v) is 35.7. The average molecular weight is 920 g/mol. The average Bonchev–Trinajstić information content (AvgIpc) is 3.20. The van der Waals surface area contributed by atoms with E-state index in [4.69, 9.17) is 46.0 Å². The highest BCUT2D eigenvalue weighted by molar-refractivity contribution is 7.91. The Labute approximate surface area is 361 Å². The van der Waals surface area contributed by atoms with E-state index in [0.717, 1.165) is 12.5 Å². The number of carbonyl (C=O) groups is 4. The largest absolute Gasteiger partial charge is 0.480 e. The maximum Gasteiger partial charge on any atom is 0.328 e. The molecule has 4 aromatic carbocycles. The van der Waals surface area contributed by atoms with E-state index in [9.17, 15) is 46.2 Å². The Bertz CT molecular complexity index is 2530. The first-order valence-electron chi connectivity index (χ1n) is 17.1. The summed E-state index contributed by atoms with van der Waals surface area (Å²) in [7, 11) is -6.61. The minimum absolute atomic E-state index is 0.0579. The molecule has 0 aliphatic heterocycles. The molecule has 4 aromatic rings. The van der Waals surface area contributed by atoms with E-state index in [1.165, 1.54) is 98.8 Å². The highest BCUT2D eigenvalue weighted by Gasteiger charge is 2.25. The van der Waals surface area contributed by atoms with Gasteiger partial charge in [-0.15, -0.1) is 0 Å². The summed E-state index contributed by atoms with van der Waals surface area (Å²) in [6.07, 6.45) is -0.0328. The molecule has 10 N–H and O–H groups in total. The van der Waals surface area contributed by atoms with Crippen LogP contribution in [0.1, 0.15) is 40.1 Å². The number of hydrogen-bond donors (Lipinski definition) is 9. The van der Waals surface area contributed by atoms with Gasteiger partial charge in [0, 0.05) is 40.0 Å². The van der Waals surface area contributed by atoms with E-state index in [0.29, 0.717) is 22.6 Å². The topological polar surface area (TPSA) is 312 Å². The SMILES string of the molecule is CS(=O)(=O)c1ccc(C(=O)NN)cc1.C[C@H](O)C(Nc1ccc(C#N)c(Cl)c1)C(=O)NNC(=O)c1ccc(S(C)(=O)=O)cc1.[C-]#[N+]c1ccc(N[C@@H](C(=O)O)C(C)O)cc1Cl. The van der Waals surface area contributed by atoms with E-state index >= 15 is 0 Å². The first-order valence-corrected chi connectivity index (χ1v) is 21.7. The number of halogens is 2. The van der Waals surface area contributed by atoms with Gasteiger partial charge in [-0.1, -0.05) is 29.3 Å². The van der Waals surface area contributed by atoms with Crippen molar-refractivity contribution in [2.24, 2.45) is 5.84 Å². The number of carboxylic acids is 1. The number of aliphatic hydroxyl groups is 2. The highest BCUT2D eigenvalue weighted by atomic mass is 35.5. The van der Waals surface area contributed by atoms with Gasteiger partial charge in [-0.2, -0.15) is 5.26 Å². The lowest BCUT2D eigenvalue weighted by molar-refractivity contribution is -0.140. The van der Waals surface area contributed by atoms with E-state index in [2.05, 4.69) is 26.3 Å². The summed E-state index contributed by atoms with van der Waals surface area (Å²) in [5.41, 5.74) is 8.18. The number of sulfone groups is 2. The molecule has 0 aliphatic carbocycles. The zero-order chi connectivity index (χ0) is 46.2. The maximum absolute atomic E-state index is 12.4. The molecular formula is C38H40Cl2N8O11S2. The molecule has 3 amide bonds. The number of nitrogen functional groups attached to an aromatic ring is 1. The van der Waals surface area contributed by atoms with Crippen LogP contribution < -0.4 is 32.8 Å². The van der Waals surface area contributed by atoms with Crippen molar-refractivity contribution < 1.29 is 51.3 Å². The summed E-state index contributed by atoms with van der Waals surface area (Å²) >= 11 is 11.8. The smallest absolute Gasteiger partial charge is 0.328 e. The van der Waals surface area contributed by atoms with Crippen LogP contribution in [0.4, 0.5) is 17.1 Å². The Morgan fingerprint density at radius 1 is 0.721 bits per heavy atom. The van der Waals surface area contributed by atoms with Gasteiger partial charge in [0.1, 0.15) is 12.1 Å². The van der Waals surface area contributed by atoms with Crippen molar-refractivity contribution in [2.45, 2.75) is 47.9 Å². The van der Waals surface area contributed by atoms with Crippen molar-refractivity contribution >= 4 is 83.6 Å². The lowest BCUT2D eigenvalue weighted by Crippen LogP contribution is -2.52. The van der Waals surface area contributed by atoms with E-state index < -0.39 is 67.7 Å². The van der Waals surface area contributed by atoms with Gasteiger partial charge < -0.3 is 26.0 Å². The van der Waals surface area contributed by atoms with Crippen LogP contribution in [0.5, 0.6) is 0 Å². The summed E-state index contributed by atoms with van der Waals surface area (Å²) in [5, 5.41) is 42.8. The van der Waals surface area contributed by atoms with E-state index in [1.807, 2.05) is 11.5 Å². The highest BCUT2D eigenvalue weighted by Crippen LogP contribution is 2.28. The van der Waals surface area contributed by atoms with Crippen LogP contribution in [-0.2, 0) is 29.3 Å². The van der Waals surface area contributed by atoms with Crippen molar-refractivity contribution in [3.05, 3.63) is 123 Å². The number of carboxylic acid groups (broad SMARTS) is 1. The summed E-state index contributed by atoms with van der Waals surface area (Å²) < 4.78 is 45.0. The molecule has 4 atom stereocenters. The van der Waals surface area contributed by atoms with Gasteiger partial charge in [-0.05, 0) is 92.7 Å². The number of rotatable bonds is 12. The number of nitrogens with two attached hydrogens (primary N) is 1. The predicted molar refractivity (Wildman–Crippen MR) is 226 cm³/mol. The number of nitrogens with zero attached hydrogens (tertiary/aromatic N) is 2. The van der Waals surface area contributed by atoms with Crippen LogP contribution in [0.25, 0.3) is 4.85 Å². The Balaban J connectivity index is 0.000000348. The third-order valence-corrected chi connectivity index (χ3v) is 10.7. The number of benzene rings is 4. The molecule has 2 unspecified atom stereocenters. The van der Waals surface area contributed by atoms with Crippen LogP contribution in [0.15, 0.2) is 94.7 Å². The van der Waals surface area contributed by atoms with Gasteiger partial charge >= 0.3 is 5.97 Å². The second-order valence-electron chi connectivity index (χ2n) is 12.7. The number of amides is 3. The molecule has 4 rings (SSSR count). The lowest BCUT2D eigenvalue weighted by Gasteiger charge is -2.22. The standard InChI is InChI=1S/C19H19ClN4O5S.C11H11ClN2O3.C8H10N2O3S/c1-11(25)17(22-14-6-3-13(10-21)16(20)9-14)19(27)24-23-18(26)12-4-7-15(8-5-12)30(2,28)29;1-6(15)10(11(16)17)14-7-3-4-9(13-2)8(12)5-7;1-14(12,13)7-4-2-6(3-5-7)8(11)10-9/h3-9,11,17,22,25H,1-2H3,(H,23,26)(H,24,27);3-6,10,14-15H,1H3,(H,16,17);2-5H,9H2,1H3,(H,10,11)/t11-,17?;6?,10-;/m01./s1. The van der Waals surface area contributed by atoms with Crippen LogP contribution >= 0.6 is 23.2 Å². The molecule has 0 saturated heterocycles. The minimum atomic E-state index is -3.39. The van der Waals surface area contributed by atoms with Gasteiger partial charge in [0.15, 0.2) is 25.7 Å². The number of nitriles is 1. The quantitative estimate of drug-likeness (QED) is 0.0427. The van der Waals surface area contributed by atoms with Crippen molar-refractivity contribution in [3.63, 3.8) is 0 Å². The van der Waals surface area contributed by atoms with Crippen LogP contribution in [0.2, 0.25) is 10.0 Å². The molecule has 0 heterocycles. The summed E-state index contributed by atoms with van der Waals surface area (Å²) in [4.78, 5) is 49.8. The number of nitrogens with one attached hydrogen (secondary N) is 5. The molecule has 0 radical (unpaired) electrons. The third-order valence-electron chi connectivity index (χ3n) is 7.83. The molecule has 0 aliphatic rings. The number of aliphatic hydroxyl groups excluding tert-OH is 2. The summed E-state index contributed by atoms with van der Waals surface area (Å²) in [6, 6.07) is 19.2. The van der Waals surface area contributed by atoms with Crippen molar-refractivity contribution in [1.82, 2.24) is 16.3 Å². The van der Waals surface area contributed by atoms with Crippen molar-refractivity contribution in [1.29, 1.82) is 5.26 Å². The fraction of sp³-hybridized carbons (Fsp3) is 0.211. The molecule has 0 saturated carbocycles. The van der Waals surface area contributed by atoms with E-state index in [-0.39, 0.29) is 31.0 Å². The molecule has 324 valence electrons. The predicted octanol–water partition coefficient (Wildman–Crippen LogP) is 3.07. The summed E-state index contributed by atoms with van der Waals surface area (Å²) in [6.45, 7) is 9.58. The Hall–Kier alpha value is -6.30. The fourth-order valence-corrected chi connectivity index (χ4v) is 6.30. The molecular weight excluding hydrogens is 880 g/mol. The monoisotopic (exact) mass is 918 g/mol. The first kappa shape index (κ1) is 50.8. The van der Waals surface area contributed by atoms with Crippen molar-refractivity contribution in [3.8, 4) is 6.07 Å². The minimum Gasteiger partial charge on any atom is -0.480 e. The van der Waals surface area contributed by atoms with Crippen LogP contribution in [0.3, 0.4) is 0 Å². The molecule has 0 spiro atoms. The normalized spacial score (nSPS) is 12.6. The van der Waals surface area contributed by atoms with Crippen LogP contribution in [-0.4, -0.2) is 92.6 Å². The van der Waals surface area contributed by atoms with Gasteiger partial charge in [-0.25, -0.2) is 32.3 Å². The van der Waals surface area contributed by atoms with Crippen molar-refractivity contribution in [2.75, 3.05) is 23.1 Å². The second kappa shape index (κ2) is 22.9. The second-order valence-corrected chi connectivity index (χ2v) is 17.5. The molecule has 0 bridgehead atoms. The fourth-order valence-electron chi connectivity index (χ4n) is 4.59. The molecule has 0 fully saturated rings. The third kappa shape index (κ3) is 16.0. The van der Waals surface area contributed by atoms with E-state index in [1.54, 1.807) is 0 Å². The maximum atomic E-state index is 12.4. The Morgan fingerprint density at radius 2 is 1.16 bits per heavy atom. The molecule has 23 heteroatoms. The number of hydrazine groups is 2. The molecule has 19 nitrogen and oxygen atoms in total. The first-order chi connectivity index (χ1) is 28.4. The van der Waals surface area contributed by atoms with Gasteiger partial charge in [-0.3, -0.25) is 30.7 Å². The summed E-state index contributed by atoms with van der Waals surface area (Å²) in [5.74, 6) is 1.89. The Kier molecular flexibility index (Phi) is 19.1.